The van der Waals surface area contributed by atoms with Crippen molar-refractivity contribution in [3.05, 3.63) is 15.5 Å². The molecule has 3 nitrogen and oxygen atoms in total. The summed E-state index contributed by atoms with van der Waals surface area (Å²) in [5.41, 5.74) is 0. The quantitative estimate of drug-likeness (QED) is 0.882. The smallest absolute Gasteiger partial charge is 0.183 e. The second-order valence-corrected chi connectivity index (χ2v) is 6.63. The molecule has 1 fully saturated rings. The molecule has 1 aliphatic rings. The molecule has 0 radical (unpaired) electrons. The van der Waals surface area contributed by atoms with Crippen LogP contribution >= 0.6 is 22.9 Å². The molecule has 1 saturated heterocycles. The highest BCUT2D eigenvalue weighted by Crippen LogP contribution is 2.21. The second-order valence-electron chi connectivity index (χ2n) is 3.22. The lowest BCUT2D eigenvalue weighted by Gasteiger charge is -2.06. The molecule has 2 rings (SSSR count). The maximum atomic E-state index is 11.8. The fourth-order valence-corrected chi connectivity index (χ4v) is 4.09. The maximum Gasteiger partial charge on any atom is 0.183 e. The van der Waals surface area contributed by atoms with Crippen molar-refractivity contribution in [3.63, 3.8) is 0 Å². The lowest BCUT2D eigenvalue weighted by atomic mass is 10.4. The van der Waals surface area contributed by atoms with Crippen LogP contribution in [0.5, 0.6) is 0 Å². The minimum atomic E-state index is -0.784. The summed E-state index contributed by atoms with van der Waals surface area (Å²) >= 11 is 7.12. The van der Waals surface area contributed by atoms with Crippen molar-refractivity contribution in [3.8, 4) is 0 Å². The summed E-state index contributed by atoms with van der Waals surface area (Å²) in [6, 6.07) is 0. The summed E-state index contributed by atoms with van der Waals surface area (Å²) in [7, 11) is -0.784. The molecule has 1 aromatic heterocycles. The summed E-state index contributed by atoms with van der Waals surface area (Å²) in [4.78, 5) is 4.94. The van der Waals surface area contributed by atoms with Gasteiger partial charge < -0.3 is 5.32 Å². The minimum Gasteiger partial charge on any atom is -0.315 e. The number of thiazole rings is 1. The Morgan fingerprint density at radius 2 is 2.64 bits per heavy atom. The van der Waals surface area contributed by atoms with E-state index in [1.54, 1.807) is 6.20 Å². The average Bonchev–Trinajstić information content (AvgIpc) is 2.75. The normalized spacial score (nSPS) is 23.9. The molecular formula is C8H11ClN2OS2. The molecule has 0 spiro atoms. The lowest BCUT2D eigenvalue weighted by molar-refractivity contribution is 0.672. The van der Waals surface area contributed by atoms with Crippen LogP contribution < -0.4 is 5.32 Å². The van der Waals surface area contributed by atoms with Crippen LogP contribution in [0.15, 0.2) is 6.20 Å². The molecule has 0 amide bonds. The van der Waals surface area contributed by atoms with E-state index in [0.29, 0.717) is 15.5 Å². The van der Waals surface area contributed by atoms with Crippen LogP contribution in [0.25, 0.3) is 0 Å². The van der Waals surface area contributed by atoms with Crippen LogP contribution in [-0.2, 0) is 16.6 Å². The molecule has 1 aliphatic heterocycles. The van der Waals surface area contributed by atoms with Crippen molar-refractivity contribution in [2.75, 3.05) is 13.1 Å². The molecule has 0 aromatic carbocycles. The van der Waals surface area contributed by atoms with Crippen molar-refractivity contribution in [2.24, 2.45) is 0 Å². The van der Waals surface area contributed by atoms with Crippen molar-refractivity contribution < 1.29 is 4.21 Å². The molecule has 78 valence electrons. The Morgan fingerprint density at radius 3 is 3.21 bits per heavy atom. The molecule has 0 saturated carbocycles. The summed E-state index contributed by atoms with van der Waals surface area (Å²) in [5, 5.41) is 3.51. The number of halogens is 1. The second kappa shape index (κ2) is 4.70. The largest absolute Gasteiger partial charge is 0.315 e. The van der Waals surface area contributed by atoms with E-state index < -0.39 is 10.8 Å². The summed E-state index contributed by atoms with van der Waals surface area (Å²) in [5.74, 6) is 0.594. The molecule has 2 heterocycles. The Labute approximate surface area is 94.3 Å². The topological polar surface area (TPSA) is 42.0 Å². The third kappa shape index (κ3) is 2.53. The first-order chi connectivity index (χ1) is 6.75. The van der Waals surface area contributed by atoms with E-state index in [1.807, 2.05) is 0 Å². The fourth-order valence-electron chi connectivity index (χ4n) is 1.46. The number of hydrogen-bond acceptors (Lipinski definition) is 4. The number of nitrogens with zero attached hydrogens (tertiary/aromatic N) is 1. The van der Waals surface area contributed by atoms with Gasteiger partial charge in [-0.05, 0) is 13.0 Å². The van der Waals surface area contributed by atoms with E-state index in [0.717, 1.165) is 24.4 Å². The van der Waals surface area contributed by atoms with Gasteiger partial charge >= 0.3 is 0 Å². The van der Waals surface area contributed by atoms with E-state index in [9.17, 15) is 4.21 Å². The van der Waals surface area contributed by atoms with Gasteiger partial charge in [-0.3, -0.25) is 4.21 Å². The molecule has 1 N–H and O–H groups in total. The van der Waals surface area contributed by atoms with Crippen molar-refractivity contribution in [2.45, 2.75) is 17.4 Å². The SMILES string of the molecule is O=S(Cc1cnc(Cl)s1)[C@H]1CCNC1. The Kier molecular flexibility index (Phi) is 3.54. The van der Waals surface area contributed by atoms with Gasteiger partial charge in [-0.1, -0.05) is 11.6 Å². The zero-order valence-corrected chi connectivity index (χ0v) is 9.92. The zero-order chi connectivity index (χ0) is 9.97. The van der Waals surface area contributed by atoms with Crippen molar-refractivity contribution in [1.82, 2.24) is 10.3 Å². The third-order valence-corrected chi connectivity index (χ3v) is 5.24. The van der Waals surface area contributed by atoms with E-state index in [4.69, 9.17) is 11.6 Å². The van der Waals surface area contributed by atoms with E-state index in [2.05, 4.69) is 10.3 Å². The Bertz CT molecular complexity index is 336. The van der Waals surface area contributed by atoms with Crippen LogP contribution in [-0.4, -0.2) is 27.5 Å². The van der Waals surface area contributed by atoms with Gasteiger partial charge in [0, 0.05) is 33.7 Å². The van der Waals surface area contributed by atoms with Gasteiger partial charge in [-0.15, -0.1) is 11.3 Å². The molecule has 6 heteroatoms. The highest BCUT2D eigenvalue weighted by atomic mass is 35.5. The maximum absolute atomic E-state index is 11.8. The fraction of sp³-hybridized carbons (Fsp3) is 0.625. The molecule has 0 aliphatic carbocycles. The van der Waals surface area contributed by atoms with Crippen molar-refractivity contribution >= 4 is 33.7 Å². The Morgan fingerprint density at radius 1 is 1.79 bits per heavy atom. The first kappa shape index (κ1) is 10.5. The molecule has 1 unspecified atom stereocenters. The monoisotopic (exact) mass is 250 g/mol. The van der Waals surface area contributed by atoms with Gasteiger partial charge in [0.15, 0.2) is 4.47 Å². The van der Waals surface area contributed by atoms with Gasteiger partial charge in [0.25, 0.3) is 0 Å². The highest BCUT2D eigenvalue weighted by Gasteiger charge is 2.21. The van der Waals surface area contributed by atoms with Gasteiger partial charge in [-0.2, -0.15) is 0 Å². The first-order valence-electron chi connectivity index (χ1n) is 4.44. The summed E-state index contributed by atoms with van der Waals surface area (Å²) in [6.07, 6.45) is 2.73. The van der Waals surface area contributed by atoms with E-state index >= 15 is 0 Å². The van der Waals surface area contributed by atoms with Gasteiger partial charge in [-0.25, -0.2) is 4.98 Å². The molecule has 1 aromatic rings. The minimum absolute atomic E-state index is 0.302. The molecule has 2 atom stereocenters. The first-order valence-corrected chi connectivity index (χ1v) is 7.01. The van der Waals surface area contributed by atoms with Crippen LogP contribution in [0.3, 0.4) is 0 Å². The average molecular weight is 251 g/mol. The van der Waals surface area contributed by atoms with Crippen LogP contribution in [0.4, 0.5) is 0 Å². The van der Waals surface area contributed by atoms with Gasteiger partial charge in [0.2, 0.25) is 0 Å². The summed E-state index contributed by atoms with van der Waals surface area (Å²) in [6.45, 7) is 1.86. The van der Waals surface area contributed by atoms with Gasteiger partial charge in [0.05, 0.1) is 5.75 Å². The van der Waals surface area contributed by atoms with Crippen LogP contribution in [0.1, 0.15) is 11.3 Å². The lowest BCUT2D eigenvalue weighted by Crippen LogP contribution is -2.19. The predicted molar refractivity (Wildman–Crippen MR) is 60.2 cm³/mol. The summed E-state index contributed by atoms with van der Waals surface area (Å²) < 4.78 is 12.4. The Hall–Kier alpha value is 0.0300. The third-order valence-electron chi connectivity index (χ3n) is 2.20. The van der Waals surface area contributed by atoms with Crippen LogP contribution in [0, 0.1) is 0 Å². The Balaban J connectivity index is 1.93. The molecular weight excluding hydrogens is 240 g/mol. The number of aromatic nitrogens is 1. The number of nitrogens with one attached hydrogen (secondary N) is 1. The molecule has 0 bridgehead atoms. The zero-order valence-electron chi connectivity index (χ0n) is 7.53. The van der Waals surface area contributed by atoms with Crippen LogP contribution in [0.2, 0.25) is 4.47 Å². The van der Waals surface area contributed by atoms with E-state index in [-0.39, 0.29) is 0 Å². The standard InChI is InChI=1S/C8H11ClN2OS2/c9-8-11-3-6(13-8)5-14(12)7-1-2-10-4-7/h3,7,10H,1-2,4-5H2/t7-,14?/m0/s1. The molecule has 14 heavy (non-hydrogen) atoms. The number of rotatable bonds is 3. The number of hydrogen-bond donors (Lipinski definition) is 1. The van der Waals surface area contributed by atoms with E-state index in [1.165, 1.54) is 11.3 Å². The highest BCUT2D eigenvalue weighted by molar-refractivity contribution is 7.85. The van der Waals surface area contributed by atoms with Gasteiger partial charge in [0.1, 0.15) is 0 Å². The predicted octanol–water partition coefficient (Wildman–Crippen LogP) is 1.41. The van der Waals surface area contributed by atoms with Crippen molar-refractivity contribution in [1.29, 1.82) is 0 Å².